The molecule has 28 heavy (non-hydrogen) atoms. The molecule has 0 radical (unpaired) electrons. The molecule has 9 heteroatoms. The number of nitro groups is 1. The molecule has 0 aliphatic rings. The summed E-state index contributed by atoms with van der Waals surface area (Å²) >= 11 is 0. The molecule has 146 valence electrons. The van der Waals surface area contributed by atoms with Gasteiger partial charge in [-0.15, -0.1) is 0 Å². The molecule has 0 spiro atoms. The van der Waals surface area contributed by atoms with Crippen molar-refractivity contribution in [1.82, 2.24) is 5.32 Å². The van der Waals surface area contributed by atoms with Gasteiger partial charge in [0.2, 0.25) is 0 Å². The zero-order valence-corrected chi connectivity index (χ0v) is 15.2. The summed E-state index contributed by atoms with van der Waals surface area (Å²) in [7, 11) is 2.42. The maximum Gasteiger partial charge on any atom is 0.337 e. The number of non-ortho nitro benzene ring substituents is 1. The van der Waals surface area contributed by atoms with Gasteiger partial charge in [0.25, 0.3) is 11.6 Å². The van der Waals surface area contributed by atoms with E-state index in [4.69, 9.17) is 4.74 Å². The Kier molecular flexibility index (Phi) is 6.80. The molecule has 0 saturated carbocycles. The molecule has 9 nitrogen and oxygen atoms in total. The zero-order valence-electron chi connectivity index (χ0n) is 15.2. The Morgan fingerprint density at radius 1 is 1.04 bits per heavy atom. The highest BCUT2D eigenvalue weighted by Crippen LogP contribution is 2.14. The number of nitro benzene ring substituents is 1. The van der Waals surface area contributed by atoms with Crippen molar-refractivity contribution in [3.8, 4) is 0 Å². The van der Waals surface area contributed by atoms with Crippen LogP contribution in [0.15, 0.2) is 48.5 Å². The van der Waals surface area contributed by atoms with Gasteiger partial charge in [0.1, 0.15) is 6.04 Å². The smallest absolute Gasteiger partial charge is 0.337 e. The number of methoxy groups -OCH3 is 2. The standard InChI is InChI=1S/C19H18N2O7/c1-27-18(23)14-5-3-4-13(11-14)17(22)20-16(19(24)28-2)10-12-6-8-15(9-7-12)21(25)26/h3-9,11,16H,10H2,1-2H3,(H,20,22)/t16-/m1/s1. The van der Waals surface area contributed by atoms with Crippen LogP contribution >= 0.6 is 0 Å². The second-order valence-corrected chi connectivity index (χ2v) is 5.75. The third-order valence-electron chi connectivity index (χ3n) is 3.92. The maximum atomic E-state index is 12.5. The average molecular weight is 386 g/mol. The van der Waals surface area contributed by atoms with Crippen LogP contribution in [-0.4, -0.2) is 43.0 Å². The molecular formula is C19H18N2O7. The second-order valence-electron chi connectivity index (χ2n) is 5.75. The molecule has 1 amide bonds. The van der Waals surface area contributed by atoms with Gasteiger partial charge in [0, 0.05) is 24.1 Å². The third-order valence-corrected chi connectivity index (χ3v) is 3.92. The predicted molar refractivity (Wildman–Crippen MR) is 97.9 cm³/mol. The number of benzene rings is 2. The summed E-state index contributed by atoms with van der Waals surface area (Å²) in [5.41, 5.74) is 0.882. The number of hydrogen-bond donors (Lipinski definition) is 1. The van der Waals surface area contributed by atoms with Crippen molar-refractivity contribution >= 4 is 23.5 Å². The minimum atomic E-state index is -1.01. The molecule has 2 aromatic rings. The van der Waals surface area contributed by atoms with E-state index >= 15 is 0 Å². The minimum absolute atomic E-state index is 0.0765. The van der Waals surface area contributed by atoms with Crippen LogP contribution in [0.2, 0.25) is 0 Å². The number of nitrogens with zero attached hydrogens (tertiary/aromatic N) is 1. The topological polar surface area (TPSA) is 125 Å². The molecule has 0 fully saturated rings. The van der Waals surface area contributed by atoms with Crippen molar-refractivity contribution in [2.45, 2.75) is 12.5 Å². The van der Waals surface area contributed by atoms with E-state index in [0.717, 1.165) is 0 Å². The summed E-state index contributed by atoms with van der Waals surface area (Å²) in [6.07, 6.45) is 0.0765. The van der Waals surface area contributed by atoms with Crippen LogP contribution < -0.4 is 5.32 Å². The lowest BCUT2D eigenvalue weighted by atomic mass is 10.0. The van der Waals surface area contributed by atoms with E-state index in [0.29, 0.717) is 5.56 Å². The van der Waals surface area contributed by atoms with E-state index < -0.39 is 28.8 Å². The summed E-state index contributed by atoms with van der Waals surface area (Å²) < 4.78 is 9.35. The first-order valence-corrected chi connectivity index (χ1v) is 8.16. The largest absolute Gasteiger partial charge is 0.467 e. The fraction of sp³-hybridized carbons (Fsp3) is 0.211. The van der Waals surface area contributed by atoms with Crippen molar-refractivity contribution in [1.29, 1.82) is 0 Å². The number of carbonyl (C=O) groups is 3. The fourth-order valence-electron chi connectivity index (χ4n) is 2.47. The van der Waals surface area contributed by atoms with E-state index in [1.165, 1.54) is 62.8 Å². The molecule has 0 heterocycles. The van der Waals surface area contributed by atoms with Gasteiger partial charge < -0.3 is 14.8 Å². The molecule has 2 aromatic carbocycles. The quantitative estimate of drug-likeness (QED) is 0.438. The van der Waals surface area contributed by atoms with Gasteiger partial charge in [0.15, 0.2) is 0 Å². The third kappa shape index (κ3) is 5.13. The number of amides is 1. The highest BCUT2D eigenvalue weighted by molar-refractivity contribution is 5.99. The Morgan fingerprint density at radius 3 is 2.25 bits per heavy atom. The van der Waals surface area contributed by atoms with Gasteiger partial charge in [-0.05, 0) is 23.8 Å². The monoisotopic (exact) mass is 386 g/mol. The molecular weight excluding hydrogens is 368 g/mol. The molecule has 0 saturated heterocycles. The lowest BCUT2D eigenvalue weighted by Gasteiger charge is -2.17. The van der Waals surface area contributed by atoms with E-state index in [1.54, 1.807) is 0 Å². The number of esters is 2. The zero-order chi connectivity index (χ0) is 20.7. The summed E-state index contributed by atoms with van der Waals surface area (Å²) in [4.78, 5) is 46.4. The lowest BCUT2D eigenvalue weighted by molar-refractivity contribution is -0.384. The Labute approximate surface area is 160 Å². The van der Waals surface area contributed by atoms with E-state index in [2.05, 4.69) is 10.1 Å². The number of hydrogen-bond acceptors (Lipinski definition) is 7. The average Bonchev–Trinajstić information content (AvgIpc) is 2.72. The molecule has 0 aliphatic heterocycles. The van der Waals surface area contributed by atoms with E-state index in [1.807, 2.05) is 0 Å². The van der Waals surface area contributed by atoms with Gasteiger partial charge in [-0.2, -0.15) is 0 Å². The first kappa shape index (κ1) is 20.6. The van der Waals surface area contributed by atoms with Crippen molar-refractivity contribution in [3.05, 3.63) is 75.3 Å². The van der Waals surface area contributed by atoms with Gasteiger partial charge in [-0.3, -0.25) is 14.9 Å². The molecule has 0 aromatic heterocycles. The van der Waals surface area contributed by atoms with Crippen LogP contribution in [0.5, 0.6) is 0 Å². The maximum absolute atomic E-state index is 12.5. The van der Waals surface area contributed by atoms with Gasteiger partial charge >= 0.3 is 11.9 Å². The highest BCUT2D eigenvalue weighted by atomic mass is 16.6. The molecule has 0 unspecified atom stereocenters. The van der Waals surface area contributed by atoms with Crippen LogP contribution in [0.4, 0.5) is 5.69 Å². The van der Waals surface area contributed by atoms with Gasteiger partial charge in [-0.1, -0.05) is 18.2 Å². The second kappa shape index (κ2) is 9.26. The first-order chi connectivity index (χ1) is 13.3. The Bertz CT molecular complexity index is 893. The normalized spacial score (nSPS) is 11.2. The summed E-state index contributed by atoms with van der Waals surface area (Å²) in [5, 5.41) is 13.3. The van der Waals surface area contributed by atoms with Crippen LogP contribution in [0.1, 0.15) is 26.3 Å². The molecule has 0 bridgehead atoms. The predicted octanol–water partition coefficient (Wildman–Crippen LogP) is 1.90. The fourth-order valence-corrected chi connectivity index (χ4v) is 2.47. The van der Waals surface area contributed by atoms with E-state index in [-0.39, 0.29) is 23.2 Å². The number of ether oxygens (including phenoxy) is 2. The molecule has 0 aliphatic carbocycles. The first-order valence-electron chi connectivity index (χ1n) is 8.16. The number of carbonyl (C=O) groups excluding carboxylic acids is 3. The summed E-state index contributed by atoms with van der Waals surface area (Å²) in [5.74, 6) is -1.84. The van der Waals surface area contributed by atoms with E-state index in [9.17, 15) is 24.5 Å². The number of rotatable bonds is 7. The van der Waals surface area contributed by atoms with Crippen LogP contribution in [0, 0.1) is 10.1 Å². The summed E-state index contributed by atoms with van der Waals surface area (Å²) in [6, 6.07) is 10.5. The molecule has 2 rings (SSSR count). The number of nitrogens with one attached hydrogen (secondary N) is 1. The highest BCUT2D eigenvalue weighted by Gasteiger charge is 2.23. The van der Waals surface area contributed by atoms with Crippen molar-refractivity contribution in [2.75, 3.05) is 14.2 Å². The Morgan fingerprint density at radius 2 is 1.68 bits per heavy atom. The van der Waals surface area contributed by atoms with Crippen molar-refractivity contribution in [3.63, 3.8) is 0 Å². The van der Waals surface area contributed by atoms with Crippen molar-refractivity contribution < 1.29 is 28.8 Å². The van der Waals surface area contributed by atoms with Crippen molar-refractivity contribution in [2.24, 2.45) is 0 Å². The van der Waals surface area contributed by atoms with Gasteiger partial charge in [-0.25, -0.2) is 9.59 Å². The van der Waals surface area contributed by atoms with Crippen LogP contribution in [-0.2, 0) is 20.7 Å². The Balaban J connectivity index is 2.17. The SMILES string of the molecule is COC(=O)c1cccc(C(=O)N[C@H](Cc2ccc([N+](=O)[O-])cc2)C(=O)OC)c1. The van der Waals surface area contributed by atoms with Gasteiger partial charge in [0.05, 0.1) is 24.7 Å². The van der Waals surface area contributed by atoms with Crippen LogP contribution in [0.3, 0.4) is 0 Å². The minimum Gasteiger partial charge on any atom is -0.467 e. The summed E-state index contributed by atoms with van der Waals surface area (Å²) in [6.45, 7) is 0. The molecule has 1 N–H and O–H groups in total. The Hall–Kier alpha value is -3.75. The molecule has 1 atom stereocenters. The lowest BCUT2D eigenvalue weighted by Crippen LogP contribution is -2.43. The van der Waals surface area contributed by atoms with Crippen LogP contribution in [0.25, 0.3) is 0 Å².